The maximum absolute atomic E-state index is 13.3. The second-order valence-electron chi connectivity index (χ2n) is 8.77. The predicted octanol–water partition coefficient (Wildman–Crippen LogP) is 4.16. The van der Waals surface area contributed by atoms with Gasteiger partial charge < -0.3 is 20.0 Å². The lowest BCUT2D eigenvalue weighted by molar-refractivity contribution is -0.104. The summed E-state index contributed by atoms with van der Waals surface area (Å²) in [6.45, 7) is 5.77. The molecule has 2 N–H and O–H groups in total. The van der Waals surface area contributed by atoms with Gasteiger partial charge in [-0.05, 0) is 60.5 Å². The predicted molar refractivity (Wildman–Crippen MR) is 140 cm³/mol. The number of fused-ring (bicyclic) bond motifs is 1. The van der Waals surface area contributed by atoms with E-state index in [9.17, 15) is 9.18 Å². The van der Waals surface area contributed by atoms with Crippen molar-refractivity contribution in [3.05, 3.63) is 43.0 Å². The number of benzene rings is 2. The Balaban J connectivity index is 0.000000751. The summed E-state index contributed by atoms with van der Waals surface area (Å²) >= 11 is 1.52. The fourth-order valence-electron chi connectivity index (χ4n) is 3.80. The maximum Gasteiger partial charge on any atom is 0.319 e. The first-order valence-electron chi connectivity index (χ1n) is 11.4. The Morgan fingerprint density at radius 3 is 2.41 bits per heavy atom. The fourth-order valence-corrected chi connectivity index (χ4v) is 4.75. The molecule has 1 aliphatic heterocycles. The van der Waals surface area contributed by atoms with Gasteiger partial charge >= 0.3 is 6.03 Å². The molecule has 0 atom stereocenters. The molecular weight excluding hydrogens is 453 g/mol. The number of halogens is 1. The van der Waals surface area contributed by atoms with Crippen molar-refractivity contribution >= 4 is 46.4 Å². The van der Waals surface area contributed by atoms with Crippen LogP contribution < -0.4 is 14.9 Å². The van der Waals surface area contributed by atoms with Crippen molar-refractivity contribution in [1.29, 1.82) is 0 Å². The molecule has 0 unspecified atom stereocenters. The summed E-state index contributed by atoms with van der Waals surface area (Å²) < 4.78 is 16.6. The van der Waals surface area contributed by atoms with E-state index in [2.05, 4.69) is 51.8 Å². The van der Waals surface area contributed by atoms with Crippen molar-refractivity contribution in [3.63, 3.8) is 0 Å². The molecule has 1 aliphatic carbocycles. The number of nitrogens with zero attached hydrogens (tertiary/aromatic N) is 3. The number of carbonyl (C=O) groups is 2. The van der Waals surface area contributed by atoms with Crippen molar-refractivity contribution in [2.45, 2.75) is 23.3 Å². The monoisotopic (exact) mass is 487 g/mol. The van der Waals surface area contributed by atoms with Gasteiger partial charge in [-0.2, -0.15) is 0 Å². The number of hydrogen-bond donors (Lipinski definition) is 2. The summed E-state index contributed by atoms with van der Waals surface area (Å²) in [6, 6.07) is 10.8. The molecule has 7 nitrogen and oxygen atoms in total. The molecule has 0 spiro atoms. The lowest BCUT2D eigenvalue weighted by Gasteiger charge is -2.37. The van der Waals surface area contributed by atoms with Gasteiger partial charge in [0.15, 0.2) is 0 Å². The summed E-state index contributed by atoms with van der Waals surface area (Å²) in [4.78, 5) is 28.3. The number of carbonyl (C=O) groups excluding carboxylic acids is 2. The van der Waals surface area contributed by atoms with Crippen LogP contribution in [0.1, 0.15) is 12.8 Å². The van der Waals surface area contributed by atoms with Crippen LogP contribution in [0.15, 0.2) is 47.9 Å². The molecule has 2 aromatic rings. The Morgan fingerprint density at radius 2 is 1.88 bits per heavy atom. The van der Waals surface area contributed by atoms with E-state index in [1.54, 1.807) is 19.0 Å². The maximum atomic E-state index is 13.3. The Kier molecular flexibility index (Phi) is 8.79. The SMILES string of the molecule is C=CC=O.CNc1ccc2c(N3CCN(C(=O)N(C)C)CC3)cc(SNC3(CF)CC3)cc2c1. The third-order valence-electron chi connectivity index (χ3n) is 6.06. The van der Waals surface area contributed by atoms with E-state index in [0.29, 0.717) is 19.4 Å². The number of nitrogens with one attached hydrogen (secondary N) is 2. The number of amides is 2. The summed E-state index contributed by atoms with van der Waals surface area (Å²) in [5.41, 5.74) is 1.89. The first-order valence-corrected chi connectivity index (χ1v) is 12.2. The average molecular weight is 488 g/mol. The normalized spacial score (nSPS) is 16.4. The van der Waals surface area contributed by atoms with Crippen molar-refractivity contribution in [2.24, 2.45) is 0 Å². The molecule has 0 aromatic heterocycles. The molecule has 1 heterocycles. The minimum Gasteiger partial charge on any atom is -0.388 e. The van der Waals surface area contributed by atoms with Gasteiger partial charge in [0.2, 0.25) is 0 Å². The van der Waals surface area contributed by atoms with Crippen LogP contribution in [0.3, 0.4) is 0 Å². The zero-order chi connectivity index (χ0) is 24.7. The van der Waals surface area contributed by atoms with E-state index < -0.39 is 0 Å². The number of piperazine rings is 1. The highest BCUT2D eigenvalue weighted by Gasteiger charge is 2.42. The molecule has 2 fully saturated rings. The highest BCUT2D eigenvalue weighted by molar-refractivity contribution is 7.97. The molecule has 0 bridgehead atoms. The Hall–Kier alpha value is -2.78. The highest BCUT2D eigenvalue weighted by atomic mass is 32.2. The molecule has 1 saturated carbocycles. The lowest BCUT2D eigenvalue weighted by atomic mass is 10.1. The van der Waals surface area contributed by atoms with Crippen LogP contribution in [0.5, 0.6) is 0 Å². The first-order chi connectivity index (χ1) is 16.4. The number of allylic oxidation sites excluding steroid dienone is 1. The largest absolute Gasteiger partial charge is 0.388 e. The van der Waals surface area contributed by atoms with Gasteiger partial charge in [0.25, 0.3) is 0 Å². The standard InChI is InChI=1S/C22H30FN5OS.C3H4O/c1-24-17-4-5-19-16(12-17)13-18(30-25-22(15-23)6-7-22)14-20(19)27-8-10-28(11-9-27)21(29)26(2)3;1-2-3-4/h4-5,12-14,24-25H,6-11,15H2,1-3H3;2-3H,1H2. The van der Waals surface area contributed by atoms with Crippen LogP contribution in [0.4, 0.5) is 20.6 Å². The third kappa shape index (κ3) is 6.21. The molecule has 184 valence electrons. The smallest absolute Gasteiger partial charge is 0.319 e. The number of anilines is 2. The molecule has 2 aliphatic rings. The Morgan fingerprint density at radius 1 is 1.21 bits per heavy atom. The van der Waals surface area contributed by atoms with Gasteiger partial charge in [0.1, 0.15) is 13.0 Å². The highest BCUT2D eigenvalue weighted by Crippen LogP contribution is 2.40. The molecule has 0 radical (unpaired) electrons. The molecule has 4 rings (SSSR count). The first kappa shape index (κ1) is 25.8. The van der Waals surface area contributed by atoms with Gasteiger partial charge in [0, 0.05) is 69.0 Å². The van der Waals surface area contributed by atoms with Crippen LogP contribution in [-0.4, -0.2) is 81.7 Å². The van der Waals surface area contributed by atoms with Crippen molar-refractivity contribution in [2.75, 3.05) is 64.2 Å². The van der Waals surface area contributed by atoms with Crippen molar-refractivity contribution in [3.8, 4) is 0 Å². The number of aldehydes is 1. The minimum absolute atomic E-state index is 0.0626. The van der Waals surface area contributed by atoms with Gasteiger partial charge in [-0.15, -0.1) is 0 Å². The summed E-state index contributed by atoms with van der Waals surface area (Å²) in [5.74, 6) is 0. The van der Waals surface area contributed by atoms with Crippen LogP contribution in [0.25, 0.3) is 10.8 Å². The van der Waals surface area contributed by atoms with E-state index in [-0.39, 0.29) is 18.2 Å². The minimum atomic E-state index is -0.342. The third-order valence-corrected chi connectivity index (χ3v) is 7.06. The van der Waals surface area contributed by atoms with E-state index >= 15 is 0 Å². The number of rotatable bonds is 7. The van der Waals surface area contributed by atoms with E-state index in [1.165, 1.54) is 29.1 Å². The van der Waals surface area contributed by atoms with Crippen molar-refractivity contribution < 1.29 is 14.0 Å². The summed E-state index contributed by atoms with van der Waals surface area (Å²) in [6.07, 6.45) is 3.62. The fraction of sp³-hybridized carbons (Fsp3) is 0.440. The lowest BCUT2D eigenvalue weighted by Crippen LogP contribution is -2.51. The van der Waals surface area contributed by atoms with E-state index in [0.717, 1.165) is 41.9 Å². The number of urea groups is 1. The zero-order valence-corrected chi connectivity index (χ0v) is 21.0. The van der Waals surface area contributed by atoms with Crippen LogP contribution >= 0.6 is 11.9 Å². The molecule has 2 aromatic carbocycles. The molecule has 1 saturated heterocycles. The van der Waals surface area contributed by atoms with Gasteiger partial charge in [-0.25, -0.2) is 9.18 Å². The van der Waals surface area contributed by atoms with Crippen LogP contribution in [-0.2, 0) is 4.79 Å². The summed E-state index contributed by atoms with van der Waals surface area (Å²) in [7, 11) is 5.50. The van der Waals surface area contributed by atoms with Gasteiger partial charge in [-0.1, -0.05) is 12.6 Å². The van der Waals surface area contributed by atoms with Crippen LogP contribution in [0.2, 0.25) is 0 Å². The van der Waals surface area contributed by atoms with Crippen molar-refractivity contribution in [1.82, 2.24) is 14.5 Å². The zero-order valence-electron chi connectivity index (χ0n) is 20.1. The second-order valence-corrected chi connectivity index (χ2v) is 9.65. The van der Waals surface area contributed by atoms with Gasteiger partial charge in [-0.3, -0.25) is 9.52 Å². The Labute approximate surface area is 205 Å². The topological polar surface area (TPSA) is 67.9 Å². The molecule has 9 heteroatoms. The van der Waals surface area contributed by atoms with Crippen LogP contribution in [0, 0.1) is 0 Å². The molecule has 34 heavy (non-hydrogen) atoms. The molecule has 2 amide bonds. The average Bonchev–Trinajstić information content (AvgIpc) is 3.66. The Bertz CT molecular complexity index is 1010. The van der Waals surface area contributed by atoms with Gasteiger partial charge in [0.05, 0.1) is 5.54 Å². The molecular formula is C25H34FN5O2S. The van der Waals surface area contributed by atoms with E-state index in [4.69, 9.17) is 4.79 Å². The summed E-state index contributed by atoms with van der Waals surface area (Å²) in [5, 5.41) is 5.55. The quantitative estimate of drug-likeness (QED) is 0.347. The number of hydrogen-bond acceptors (Lipinski definition) is 6. The second kappa shape index (κ2) is 11.6. The number of alkyl halides is 1. The van der Waals surface area contributed by atoms with E-state index in [1.807, 2.05) is 11.9 Å².